The molecule has 0 radical (unpaired) electrons. The smallest absolute Gasteiger partial charge is 0.142 e. The van der Waals surface area contributed by atoms with Gasteiger partial charge in [0.15, 0.2) is 0 Å². The maximum absolute atomic E-state index is 5.96. The van der Waals surface area contributed by atoms with Gasteiger partial charge in [-0.1, -0.05) is 0 Å². The van der Waals surface area contributed by atoms with Crippen LogP contribution < -0.4 is 5.73 Å². The van der Waals surface area contributed by atoms with E-state index in [2.05, 4.69) is 43.4 Å². The molecule has 2 aromatic rings. The first-order valence-electron chi connectivity index (χ1n) is 5.14. The Kier molecular flexibility index (Phi) is 2.00. The molecular formula is C12H17N3. The second kappa shape index (κ2) is 2.99. The minimum atomic E-state index is 0.0350. The third-order valence-corrected chi connectivity index (χ3v) is 2.63. The molecule has 0 fully saturated rings. The summed E-state index contributed by atoms with van der Waals surface area (Å²) >= 11 is 0. The van der Waals surface area contributed by atoms with Crippen molar-refractivity contribution in [3.05, 3.63) is 24.0 Å². The SMILES string of the molecule is Cc1cn(C(C)(C)C)c2nccc(N)c12. The number of nitrogens with two attached hydrogens (primary N) is 1. The van der Waals surface area contributed by atoms with Gasteiger partial charge in [-0.15, -0.1) is 0 Å². The number of aromatic nitrogens is 2. The number of pyridine rings is 1. The van der Waals surface area contributed by atoms with Gasteiger partial charge in [-0.2, -0.15) is 0 Å². The second-order valence-corrected chi connectivity index (χ2v) is 4.95. The summed E-state index contributed by atoms with van der Waals surface area (Å²) in [7, 11) is 0. The highest BCUT2D eigenvalue weighted by Crippen LogP contribution is 2.28. The molecule has 0 spiro atoms. The van der Waals surface area contributed by atoms with Gasteiger partial charge in [-0.05, 0) is 39.3 Å². The average molecular weight is 203 g/mol. The van der Waals surface area contributed by atoms with E-state index in [1.807, 2.05) is 6.07 Å². The van der Waals surface area contributed by atoms with Crippen LogP contribution in [0.25, 0.3) is 11.0 Å². The van der Waals surface area contributed by atoms with Crippen molar-refractivity contribution in [1.82, 2.24) is 9.55 Å². The Hall–Kier alpha value is -1.51. The molecule has 0 amide bonds. The number of nitrogens with zero attached hydrogens (tertiary/aromatic N) is 2. The normalized spacial score (nSPS) is 12.3. The summed E-state index contributed by atoms with van der Waals surface area (Å²) in [6, 6.07) is 1.85. The summed E-state index contributed by atoms with van der Waals surface area (Å²) in [6.45, 7) is 8.56. The summed E-state index contributed by atoms with van der Waals surface area (Å²) in [4.78, 5) is 4.41. The van der Waals surface area contributed by atoms with Crippen molar-refractivity contribution in [3.63, 3.8) is 0 Å². The highest BCUT2D eigenvalue weighted by Gasteiger charge is 2.18. The molecule has 0 aliphatic heterocycles. The van der Waals surface area contributed by atoms with Gasteiger partial charge in [-0.25, -0.2) is 4.98 Å². The van der Waals surface area contributed by atoms with Crippen molar-refractivity contribution >= 4 is 16.7 Å². The summed E-state index contributed by atoms with van der Waals surface area (Å²) in [6.07, 6.45) is 3.88. The van der Waals surface area contributed by atoms with Crippen LogP contribution in [-0.4, -0.2) is 9.55 Å². The van der Waals surface area contributed by atoms with Crippen molar-refractivity contribution in [2.45, 2.75) is 33.2 Å². The molecule has 2 N–H and O–H groups in total. The van der Waals surface area contributed by atoms with Gasteiger partial charge in [0, 0.05) is 29.0 Å². The molecule has 0 aliphatic carbocycles. The van der Waals surface area contributed by atoms with Gasteiger partial charge in [0.05, 0.1) is 0 Å². The Bertz CT molecular complexity index is 503. The van der Waals surface area contributed by atoms with Crippen molar-refractivity contribution < 1.29 is 0 Å². The summed E-state index contributed by atoms with van der Waals surface area (Å²) in [5.74, 6) is 0. The predicted octanol–water partition coefficient (Wildman–Crippen LogP) is 2.68. The number of nitrogen functional groups attached to an aromatic ring is 1. The zero-order valence-electron chi connectivity index (χ0n) is 9.70. The van der Waals surface area contributed by atoms with E-state index in [-0.39, 0.29) is 5.54 Å². The summed E-state index contributed by atoms with van der Waals surface area (Å²) < 4.78 is 2.17. The zero-order chi connectivity index (χ0) is 11.2. The second-order valence-electron chi connectivity index (χ2n) is 4.95. The van der Waals surface area contributed by atoms with E-state index in [1.54, 1.807) is 6.20 Å². The lowest BCUT2D eigenvalue weighted by molar-refractivity contribution is 0.408. The van der Waals surface area contributed by atoms with E-state index in [4.69, 9.17) is 5.73 Å². The fraction of sp³-hybridized carbons (Fsp3) is 0.417. The van der Waals surface area contributed by atoms with Gasteiger partial charge < -0.3 is 10.3 Å². The molecule has 15 heavy (non-hydrogen) atoms. The number of fused-ring (bicyclic) bond motifs is 1. The molecule has 2 rings (SSSR count). The largest absolute Gasteiger partial charge is 0.398 e. The highest BCUT2D eigenvalue weighted by molar-refractivity contribution is 5.91. The van der Waals surface area contributed by atoms with Gasteiger partial charge in [0.2, 0.25) is 0 Å². The van der Waals surface area contributed by atoms with Crippen molar-refractivity contribution in [2.24, 2.45) is 0 Å². The molecule has 2 aromatic heterocycles. The lowest BCUT2D eigenvalue weighted by Gasteiger charge is -2.21. The van der Waals surface area contributed by atoms with Crippen molar-refractivity contribution in [1.29, 1.82) is 0 Å². The number of rotatable bonds is 0. The van der Waals surface area contributed by atoms with E-state index in [1.165, 1.54) is 5.56 Å². The molecular weight excluding hydrogens is 186 g/mol. The van der Waals surface area contributed by atoms with Crippen LogP contribution in [0.15, 0.2) is 18.5 Å². The molecule has 0 bridgehead atoms. The van der Waals surface area contributed by atoms with E-state index in [0.29, 0.717) is 0 Å². The fourth-order valence-electron chi connectivity index (χ4n) is 1.88. The van der Waals surface area contributed by atoms with Crippen molar-refractivity contribution in [2.75, 3.05) is 5.73 Å². The minimum absolute atomic E-state index is 0.0350. The Labute approximate surface area is 89.9 Å². The fourth-order valence-corrected chi connectivity index (χ4v) is 1.88. The zero-order valence-corrected chi connectivity index (χ0v) is 9.70. The summed E-state index contributed by atoms with van der Waals surface area (Å²) in [5, 5.41) is 1.08. The molecule has 3 nitrogen and oxygen atoms in total. The van der Waals surface area contributed by atoms with Crippen LogP contribution in [0.2, 0.25) is 0 Å². The molecule has 0 saturated carbocycles. The van der Waals surface area contributed by atoms with Crippen LogP contribution in [0.1, 0.15) is 26.3 Å². The first kappa shape index (κ1) is 10.0. The average Bonchev–Trinajstić information content (AvgIpc) is 2.44. The molecule has 0 aliphatic rings. The Morgan fingerprint density at radius 1 is 1.33 bits per heavy atom. The van der Waals surface area contributed by atoms with E-state index >= 15 is 0 Å². The molecule has 0 unspecified atom stereocenters. The first-order chi connectivity index (χ1) is 6.91. The molecule has 0 aromatic carbocycles. The third kappa shape index (κ3) is 1.48. The van der Waals surface area contributed by atoms with Crippen LogP contribution in [0, 0.1) is 6.92 Å². The monoisotopic (exact) mass is 203 g/mol. The number of aryl methyl sites for hydroxylation is 1. The van der Waals surface area contributed by atoms with E-state index < -0.39 is 0 Å². The Balaban J connectivity index is 2.85. The number of anilines is 1. The lowest BCUT2D eigenvalue weighted by atomic mass is 10.1. The molecule has 2 heterocycles. The quantitative estimate of drug-likeness (QED) is 0.715. The maximum atomic E-state index is 5.96. The van der Waals surface area contributed by atoms with Gasteiger partial charge in [0.25, 0.3) is 0 Å². The topological polar surface area (TPSA) is 43.8 Å². The number of hydrogen-bond acceptors (Lipinski definition) is 2. The first-order valence-corrected chi connectivity index (χ1v) is 5.14. The third-order valence-electron chi connectivity index (χ3n) is 2.63. The standard InChI is InChI=1S/C12H17N3/c1-8-7-15(12(2,3)4)11-10(8)9(13)5-6-14-11/h5-7H,1-4H3,(H2,13,14). The Morgan fingerprint density at radius 3 is 2.60 bits per heavy atom. The van der Waals surface area contributed by atoms with E-state index in [0.717, 1.165) is 16.7 Å². The van der Waals surface area contributed by atoms with Gasteiger partial charge >= 0.3 is 0 Å². The Morgan fingerprint density at radius 2 is 2.00 bits per heavy atom. The predicted molar refractivity (Wildman–Crippen MR) is 63.9 cm³/mol. The summed E-state index contributed by atoms with van der Waals surface area (Å²) in [5.41, 5.74) is 8.96. The molecule has 0 atom stereocenters. The van der Waals surface area contributed by atoms with Crippen LogP contribution in [-0.2, 0) is 5.54 Å². The molecule has 3 heteroatoms. The van der Waals surface area contributed by atoms with Crippen LogP contribution >= 0.6 is 0 Å². The van der Waals surface area contributed by atoms with E-state index in [9.17, 15) is 0 Å². The molecule has 0 saturated heterocycles. The van der Waals surface area contributed by atoms with Crippen LogP contribution in [0.5, 0.6) is 0 Å². The molecule has 80 valence electrons. The maximum Gasteiger partial charge on any atom is 0.142 e. The number of hydrogen-bond donors (Lipinski definition) is 1. The lowest BCUT2D eigenvalue weighted by Crippen LogP contribution is -2.20. The minimum Gasteiger partial charge on any atom is -0.398 e. The van der Waals surface area contributed by atoms with Crippen LogP contribution in [0.3, 0.4) is 0 Å². The van der Waals surface area contributed by atoms with Crippen LogP contribution in [0.4, 0.5) is 5.69 Å². The highest BCUT2D eigenvalue weighted by atomic mass is 15.1. The van der Waals surface area contributed by atoms with Gasteiger partial charge in [-0.3, -0.25) is 0 Å². The van der Waals surface area contributed by atoms with Crippen molar-refractivity contribution in [3.8, 4) is 0 Å². The van der Waals surface area contributed by atoms with Gasteiger partial charge in [0.1, 0.15) is 5.65 Å².